The molecule has 10 heteroatoms. The first-order valence-corrected chi connectivity index (χ1v) is 14.0. The third-order valence-corrected chi connectivity index (χ3v) is 7.44. The van der Waals surface area contributed by atoms with Gasteiger partial charge in [0.15, 0.2) is 17.3 Å². The Hall–Kier alpha value is -4.28. The summed E-state index contributed by atoms with van der Waals surface area (Å²) >= 11 is 7.00. The Bertz CT molecular complexity index is 2020. The molecule has 7 nitrogen and oxygen atoms in total. The number of furan rings is 1. The predicted molar refractivity (Wildman–Crippen MR) is 163 cm³/mol. The van der Waals surface area contributed by atoms with Crippen molar-refractivity contribution >= 4 is 59.9 Å². The van der Waals surface area contributed by atoms with Crippen LogP contribution in [0.2, 0.25) is 0 Å². The van der Waals surface area contributed by atoms with Gasteiger partial charge in [0.05, 0.1) is 28.7 Å². The molecule has 2 aromatic heterocycles. The van der Waals surface area contributed by atoms with Crippen LogP contribution in [0.25, 0.3) is 33.5 Å². The van der Waals surface area contributed by atoms with E-state index in [1.165, 1.54) is 24.1 Å². The maximum Gasteiger partial charge on any atom is 0.282 e. The molecule has 204 valence electrons. The standard InChI is InChI=1S/C31H20Br2FN3O4/c1-39-27-13-18(12-23(33)29(27)40-17-19-6-2-4-8-24(19)34)16-35-37-30(36-25-9-5-3-7-22(25)31(37)38)28-15-20-14-21(32)10-11-26(20)41-28/h2-16H,17H2,1H3. The van der Waals surface area contributed by atoms with Crippen molar-refractivity contribution in [2.24, 2.45) is 5.10 Å². The Morgan fingerprint density at radius 3 is 2.66 bits per heavy atom. The van der Waals surface area contributed by atoms with Gasteiger partial charge in [-0.2, -0.15) is 9.78 Å². The highest BCUT2D eigenvalue weighted by Crippen LogP contribution is 2.37. The third-order valence-electron chi connectivity index (χ3n) is 6.36. The predicted octanol–water partition coefficient (Wildman–Crippen LogP) is 7.94. The van der Waals surface area contributed by atoms with E-state index in [1.807, 2.05) is 30.3 Å². The van der Waals surface area contributed by atoms with Crippen molar-refractivity contribution < 1.29 is 18.3 Å². The number of nitrogens with zero attached hydrogens (tertiary/aromatic N) is 3. The van der Waals surface area contributed by atoms with Gasteiger partial charge in [0, 0.05) is 15.4 Å². The molecule has 0 atom stereocenters. The number of hydrogen-bond acceptors (Lipinski definition) is 6. The normalized spacial score (nSPS) is 11.5. The summed E-state index contributed by atoms with van der Waals surface area (Å²) in [7, 11) is 1.51. The molecule has 0 aliphatic heterocycles. The SMILES string of the molecule is COc1cc(C=Nn2c(-c3cc4cc(Br)ccc4o3)nc3ccccc3c2=O)cc(Br)c1OCc1ccccc1F. The van der Waals surface area contributed by atoms with E-state index in [0.717, 1.165) is 9.86 Å². The zero-order valence-corrected chi connectivity index (χ0v) is 24.6. The molecule has 0 amide bonds. The summed E-state index contributed by atoms with van der Waals surface area (Å²) in [5.74, 6) is 1.12. The van der Waals surface area contributed by atoms with Crippen LogP contribution in [0, 0.1) is 5.82 Å². The van der Waals surface area contributed by atoms with Gasteiger partial charge in [0.25, 0.3) is 5.56 Å². The first-order valence-electron chi connectivity index (χ1n) is 12.4. The lowest BCUT2D eigenvalue weighted by molar-refractivity contribution is 0.278. The average Bonchev–Trinajstić information content (AvgIpc) is 3.39. The minimum atomic E-state index is -0.353. The lowest BCUT2D eigenvalue weighted by Gasteiger charge is -2.14. The Labute approximate surface area is 250 Å². The van der Waals surface area contributed by atoms with Crippen molar-refractivity contribution in [3.8, 4) is 23.1 Å². The molecular formula is C31H20Br2FN3O4. The first-order chi connectivity index (χ1) is 19.9. The molecule has 0 aliphatic carbocycles. The van der Waals surface area contributed by atoms with Crippen LogP contribution < -0.4 is 15.0 Å². The number of halogens is 3. The van der Waals surface area contributed by atoms with Crippen molar-refractivity contribution in [1.82, 2.24) is 9.66 Å². The molecule has 41 heavy (non-hydrogen) atoms. The van der Waals surface area contributed by atoms with Crippen molar-refractivity contribution in [1.29, 1.82) is 0 Å². The highest BCUT2D eigenvalue weighted by Gasteiger charge is 2.17. The Kier molecular flexibility index (Phi) is 7.42. The second kappa shape index (κ2) is 11.3. The zero-order chi connectivity index (χ0) is 28.5. The van der Waals surface area contributed by atoms with Crippen molar-refractivity contribution in [2.75, 3.05) is 7.11 Å². The van der Waals surface area contributed by atoms with Gasteiger partial charge < -0.3 is 13.9 Å². The minimum Gasteiger partial charge on any atom is -0.493 e. The van der Waals surface area contributed by atoms with E-state index < -0.39 is 0 Å². The van der Waals surface area contributed by atoms with Crippen molar-refractivity contribution in [3.05, 3.63) is 121 Å². The van der Waals surface area contributed by atoms with Crippen LogP contribution in [0.15, 0.2) is 108 Å². The fraction of sp³-hybridized carbons (Fsp3) is 0.0645. The number of methoxy groups -OCH3 is 1. The molecule has 0 aliphatic rings. The van der Waals surface area contributed by atoms with E-state index in [-0.39, 0.29) is 23.8 Å². The minimum absolute atomic E-state index is 0.0185. The number of fused-ring (bicyclic) bond motifs is 2. The van der Waals surface area contributed by atoms with E-state index in [9.17, 15) is 9.18 Å². The molecule has 0 radical (unpaired) electrons. The highest BCUT2D eigenvalue weighted by molar-refractivity contribution is 9.10. The monoisotopic (exact) mass is 675 g/mol. The Morgan fingerprint density at radius 2 is 1.83 bits per heavy atom. The number of para-hydroxylation sites is 1. The van der Waals surface area contributed by atoms with Crippen LogP contribution >= 0.6 is 31.9 Å². The average molecular weight is 677 g/mol. The molecular weight excluding hydrogens is 657 g/mol. The maximum atomic E-state index is 14.1. The third kappa shape index (κ3) is 5.40. The van der Waals surface area contributed by atoms with Crippen molar-refractivity contribution in [3.63, 3.8) is 0 Å². The van der Waals surface area contributed by atoms with Crippen LogP contribution in [-0.2, 0) is 6.61 Å². The molecule has 0 N–H and O–H groups in total. The molecule has 0 spiro atoms. The summed E-state index contributed by atoms with van der Waals surface area (Å²) in [6.45, 7) is 0.0185. The van der Waals surface area contributed by atoms with Crippen LogP contribution in [0.3, 0.4) is 0 Å². The van der Waals surface area contributed by atoms with Gasteiger partial charge in [0.1, 0.15) is 18.0 Å². The van der Waals surface area contributed by atoms with Gasteiger partial charge in [-0.3, -0.25) is 4.79 Å². The van der Waals surface area contributed by atoms with Gasteiger partial charge >= 0.3 is 0 Å². The number of rotatable bonds is 7. The molecule has 0 bridgehead atoms. The van der Waals surface area contributed by atoms with Gasteiger partial charge in [-0.05, 0) is 76.1 Å². The second-order valence-electron chi connectivity index (χ2n) is 9.02. The van der Waals surface area contributed by atoms with Crippen LogP contribution in [0.5, 0.6) is 11.5 Å². The van der Waals surface area contributed by atoms with Crippen molar-refractivity contribution in [2.45, 2.75) is 6.61 Å². The molecule has 0 saturated heterocycles. The fourth-order valence-corrected chi connectivity index (χ4v) is 5.31. The van der Waals surface area contributed by atoms with Gasteiger partial charge in [-0.15, -0.1) is 0 Å². The number of ether oxygens (including phenoxy) is 2. The smallest absolute Gasteiger partial charge is 0.282 e. The summed E-state index contributed by atoms with van der Waals surface area (Å²) in [6.07, 6.45) is 1.52. The van der Waals surface area contributed by atoms with E-state index in [2.05, 4.69) is 37.0 Å². The number of benzene rings is 4. The Morgan fingerprint density at radius 1 is 1.02 bits per heavy atom. The number of aromatic nitrogens is 2. The summed E-state index contributed by atoms with van der Waals surface area (Å²) < 4.78 is 34.3. The number of hydrogen-bond donors (Lipinski definition) is 0. The van der Waals surface area contributed by atoms with Crippen LogP contribution in [-0.4, -0.2) is 23.0 Å². The zero-order valence-electron chi connectivity index (χ0n) is 21.5. The highest BCUT2D eigenvalue weighted by atomic mass is 79.9. The lowest BCUT2D eigenvalue weighted by Crippen LogP contribution is -2.20. The molecule has 6 rings (SSSR count). The topological polar surface area (TPSA) is 78.9 Å². The van der Waals surface area contributed by atoms with E-state index in [4.69, 9.17) is 18.9 Å². The molecule has 0 fully saturated rings. The fourth-order valence-electron chi connectivity index (χ4n) is 4.36. The van der Waals surface area contributed by atoms with E-state index in [0.29, 0.717) is 49.3 Å². The summed E-state index contributed by atoms with van der Waals surface area (Å²) in [6, 6.07) is 24.4. The molecule has 2 heterocycles. The van der Waals surface area contributed by atoms with E-state index in [1.54, 1.807) is 48.5 Å². The van der Waals surface area contributed by atoms with Gasteiger partial charge in [-0.25, -0.2) is 9.37 Å². The maximum absolute atomic E-state index is 14.1. The summed E-state index contributed by atoms with van der Waals surface area (Å²) in [5.41, 5.74) is 1.87. The summed E-state index contributed by atoms with van der Waals surface area (Å²) in [5, 5.41) is 5.80. The van der Waals surface area contributed by atoms with Crippen LogP contribution in [0.4, 0.5) is 4.39 Å². The second-order valence-corrected chi connectivity index (χ2v) is 10.8. The molecule has 0 saturated carbocycles. The quantitative estimate of drug-likeness (QED) is 0.160. The lowest BCUT2D eigenvalue weighted by atomic mass is 10.2. The Balaban J connectivity index is 1.40. The van der Waals surface area contributed by atoms with Gasteiger partial charge in [0.2, 0.25) is 5.82 Å². The van der Waals surface area contributed by atoms with E-state index >= 15 is 0 Å². The largest absolute Gasteiger partial charge is 0.493 e. The summed E-state index contributed by atoms with van der Waals surface area (Å²) in [4.78, 5) is 18.3. The molecule has 6 aromatic rings. The first kappa shape index (κ1) is 26.9. The molecule has 4 aromatic carbocycles. The van der Waals surface area contributed by atoms with Crippen LogP contribution in [0.1, 0.15) is 11.1 Å². The van der Waals surface area contributed by atoms with Gasteiger partial charge in [-0.1, -0.05) is 46.3 Å². The molecule has 0 unspecified atom stereocenters.